The van der Waals surface area contributed by atoms with Crippen LogP contribution in [-0.2, 0) is 11.8 Å². The first kappa shape index (κ1) is 21.8. The zero-order valence-electron chi connectivity index (χ0n) is 20.0. The van der Waals surface area contributed by atoms with Gasteiger partial charge in [0.15, 0.2) is 0 Å². The molecule has 0 aliphatic rings. The number of aromatic nitrogens is 2. The highest BCUT2D eigenvalue weighted by Gasteiger charge is 2.19. The average molecular weight is 451 g/mol. The zero-order valence-corrected chi connectivity index (χ0v) is 20.8. The van der Waals surface area contributed by atoms with Crippen LogP contribution in [0.3, 0.4) is 0 Å². The molecule has 0 bridgehead atoms. The van der Waals surface area contributed by atoms with Gasteiger partial charge in [0, 0.05) is 15.8 Å². The van der Waals surface area contributed by atoms with Crippen LogP contribution in [0.25, 0.3) is 43.4 Å². The summed E-state index contributed by atoms with van der Waals surface area (Å²) in [6.07, 6.45) is 2.77. The second-order valence-corrected chi connectivity index (χ2v) is 11.3. The van der Waals surface area contributed by atoms with Crippen LogP contribution in [0.4, 0.5) is 0 Å². The van der Waals surface area contributed by atoms with Crippen LogP contribution >= 0.6 is 11.3 Å². The minimum absolute atomic E-state index is 0.0431. The summed E-state index contributed by atoms with van der Waals surface area (Å²) in [4.78, 5) is 9.35. The molecule has 0 fully saturated rings. The molecule has 0 radical (unpaired) electrons. The number of rotatable bonds is 4. The molecular formula is C30H30N2S. The van der Waals surface area contributed by atoms with Gasteiger partial charge in [-0.25, -0.2) is 9.97 Å². The number of benzene rings is 3. The number of fused-ring (bicyclic) bond motifs is 2. The van der Waals surface area contributed by atoms with Crippen molar-refractivity contribution in [1.82, 2.24) is 9.97 Å². The fraction of sp³-hybridized carbons (Fsp3) is 0.267. The molecule has 0 amide bonds. The molecule has 33 heavy (non-hydrogen) atoms. The molecule has 3 aromatic carbocycles. The second-order valence-electron chi connectivity index (χ2n) is 10.3. The van der Waals surface area contributed by atoms with Crippen molar-refractivity contribution in [2.45, 2.75) is 46.5 Å². The Morgan fingerprint density at radius 2 is 1.55 bits per heavy atom. The largest absolute Gasteiger partial charge is 0.236 e. The summed E-state index contributed by atoms with van der Waals surface area (Å²) in [5.74, 6) is 0.609. The maximum atomic E-state index is 4.68. The molecule has 5 rings (SSSR count). The Balaban J connectivity index is 1.65. The second kappa shape index (κ2) is 8.39. The third-order valence-corrected chi connectivity index (χ3v) is 7.08. The summed E-state index contributed by atoms with van der Waals surface area (Å²) in [6, 6.07) is 22.2. The van der Waals surface area contributed by atoms with E-state index in [2.05, 4.69) is 111 Å². The standard InChI is InChI=1S/C30H30N2S/c1-19(2)12-21-14-23(16-29-25(21)10-11-33-29)28-17-27(31-18-32-28)22-13-20-8-6-7-9-24(20)26(15-22)30(3,4)5/h6-11,13-19H,12H2,1-5H3. The smallest absolute Gasteiger partial charge is 0.116 e. The molecule has 0 aliphatic carbocycles. The van der Waals surface area contributed by atoms with Gasteiger partial charge in [-0.15, -0.1) is 11.3 Å². The van der Waals surface area contributed by atoms with E-state index < -0.39 is 0 Å². The molecule has 166 valence electrons. The van der Waals surface area contributed by atoms with Crippen LogP contribution in [0.5, 0.6) is 0 Å². The van der Waals surface area contributed by atoms with Gasteiger partial charge in [-0.2, -0.15) is 0 Å². The van der Waals surface area contributed by atoms with Crippen molar-refractivity contribution < 1.29 is 0 Å². The third kappa shape index (κ3) is 4.30. The summed E-state index contributed by atoms with van der Waals surface area (Å²) >= 11 is 1.80. The van der Waals surface area contributed by atoms with Gasteiger partial charge in [-0.3, -0.25) is 0 Å². The van der Waals surface area contributed by atoms with Gasteiger partial charge in [0.25, 0.3) is 0 Å². The van der Waals surface area contributed by atoms with Gasteiger partial charge in [0.2, 0.25) is 0 Å². The summed E-state index contributed by atoms with van der Waals surface area (Å²) in [5, 5.41) is 6.12. The molecule has 2 heterocycles. The van der Waals surface area contributed by atoms with E-state index in [1.807, 2.05) is 0 Å². The first-order valence-corrected chi connectivity index (χ1v) is 12.5. The van der Waals surface area contributed by atoms with E-state index in [0.717, 1.165) is 23.4 Å². The van der Waals surface area contributed by atoms with Crippen molar-refractivity contribution in [3.05, 3.63) is 83.5 Å². The molecule has 0 N–H and O–H groups in total. The predicted molar refractivity (Wildman–Crippen MR) is 143 cm³/mol. The number of thiophene rings is 1. The van der Waals surface area contributed by atoms with E-state index in [9.17, 15) is 0 Å². The molecule has 0 saturated carbocycles. The minimum atomic E-state index is 0.0431. The molecule has 0 spiro atoms. The van der Waals surface area contributed by atoms with Crippen LogP contribution in [0.1, 0.15) is 45.7 Å². The fourth-order valence-electron chi connectivity index (χ4n) is 4.66. The Morgan fingerprint density at radius 1 is 0.818 bits per heavy atom. The van der Waals surface area contributed by atoms with Gasteiger partial charge >= 0.3 is 0 Å². The van der Waals surface area contributed by atoms with Crippen molar-refractivity contribution in [3.8, 4) is 22.5 Å². The highest BCUT2D eigenvalue weighted by Crippen LogP contribution is 2.36. The molecule has 0 aliphatic heterocycles. The van der Waals surface area contributed by atoms with Crippen molar-refractivity contribution in [1.29, 1.82) is 0 Å². The van der Waals surface area contributed by atoms with Crippen molar-refractivity contribution in [2.24, 2.45) is 5.92 Å². The topological polar surface area (TPSA) is 25.8 Å². The molecule has 5 aromatic rings. The predicted octanol–water partition coefficient (Wildman–Crippen LogP) is 8.67. The lowest BCUT2D eigenvalue weighted by molar-refractivity contribution is 0.596. The molecule has 0 unspecified atom stereocenters. The fourth-order valence-corrected chi connectivity index (χ4v) is 5.53. The maximum Gasteiger partial charge on any atom is 0.116 e. The third-order valence-electron chi connectivity index (χ3n) is 6.21. The van der Waals surface area contributed by atoms with E-state index >= 15 is 0 Å². The van der Waals surface area contributed by atoms with Crippen molar-refractivity contribution >= 4 is 32.2 Å². The molecule has 2 nitrogen and oxygen atoms in total. The Kier molecular flexibility index (Phi) is 5.54. The van der Waals surface area contributed by atoms with Gasteiger partial charge in [0.1, 0.15) is 6.33 Å². The average Bonchev–Trinajstić information content (AvgIpc) is 3.26. The Bertz CT molecular complexity index is 1450. The SMILES string of the molecule is CC(C)Cc1cc(-c2cc(-c3cc(C(C)(C)C)c4ccccc4c3)ncn2)cc2sccc12. The van der Waals surface area contributed by atoms with E-state index in [0.29, 0.717) is 5.92 Å². The van der Waals surface area contributed by atoms with E-state index in [4.69, 9.17) is 0 Å². The minimum Gasteiger partial charge on any atom is -0.236 e. The van der Waals surface area contributed by atoms with Gasteiger partial charge in [-0.1, -0.05) is 58.9 Å². The van der Waals surface area contributed by atoms with Crippen LogP contribution < -0.4 is 0 Å². The normalized spacial score (nSPS) is 12.2. The lowest BCUT2D eigenvalue weighted by Crippen LogP contribution is -2.12. The van der Waals surface area contributed by atoms with E-state index in [1.54, 1.807) is 17.7 Å². The van der Waals surface area contributed by atoms with E-state index in [-0.39, 0.29) is 5.41 Å². The first-order chi connectivity index (χ1) is 15.8. The first-order valence-electron chi connectivity index (χ1n) is 11.7. The summed E-state index contributed by atoms with van der Waals surface area (Å²) < 4.78 is 1.32. The van der Waals surface area contributed by atoms with Gasteiger partial charge < -0.3 is 0 Å². The van der Waals surface area contributed by atoms with Gasteiger partial charge in [0.05, 0.1) is 11.4 Å². The van der Waals surface area contributed by atoms with Gasteiger partial charge in [-0.05, 0) is 86.8 Å². The number of hydrogen-bond acceptors (Lipinski definition) is 3. The number of nitrogens with zero attached hydrogens (tertiary/aromatic N) is 2. The van der Waals surface area contributed by atoms with Crippen LogP contribution in [0.15, 0.2) is 72.4 Å². The highest BCUT2D eigenvalue weighted by atomic mass is 32.1. The molecule has 3 heteroatoms. The highest BCUT2D eigenvalue weighted by molar-refractivity contribution is 7.17. The maximum absolute atomic E-state index is 4.68. The lowest BCUT2D eigenvalue weighted by Gasteiger charge is -2.22. The molecule has 0 atom stereocenters. The monoisotopic (exact) mass is 450 g/mol. The molecular weight excluding hydrogens is 420 g/mol. The summed E-state index contributed by atoms with van der Waals surface area (Å²) in [7, 11) is 0. The summed E-state index contributed by atoms with van der Waals surface area (Å²) in [6.45, 7) is 11.4. The lowest BCUT2D eigenvalue weighted by atomic mass is 9.82. The quantitative estimate of drug-likeness (QED) is 0.274. The van der Waals surface area contributed by atoms with Crippen LogP contribution in [0.2, 0.25) is 0 Å². The Morgan fingerprint density at radius 3 is 2.27 bits per heavy atom. The molecule has 0 saturated heterocycles. The Labute approximate surface area is 200 Å². The van der Waals surface area contributed by atoms with Crippen LogP contribution in [0, 0.1) is 5.92 Å². The zero-order chi connectivity index (χ0) is 23.2. The van der Waals surface area contributed by atoms with Crippen LogP contribution in [-0.4, -0.2) is 9.97 Å². The van der Waals surface area contributed by atoms with E-state index in [1.165, 1.54) is 37.5 Å². The number of hydrogen-bond donors (Lipinski definition) is 0. The molecule has 2 aromatic heterocycles. The van der Waals surface area contributed by atoms with Crippen molar-refractivity contribution in [2.75, 3.05) is 0 Å². The van der Waals surface area contributed by atoms with Crippen molar-refractivity contribution in [3.63, 3.8) is 0 Å². The summed E-state index contributed by atoms with van der Waals surface area (Å²) in [5.41, 5.74) is 7.04. The Hall–Kier alpha value is -3.04.